The zero-order valence-electron chi connectivity index (χ0n) is 14.3. The molecule has 0 bridgehead atoms. The third-order valence-corrected chi connectivity index (χ3v) is 5.68. The SMILES string of the molecule is CN1CCN(Cc2ccc(-c3c(C#N)cnc4sccc34)cc2)CC1. The summed E-state index contributed by atoms with van der Waals surface area (Å²) < 4.78 is 0. The monoisotopic (exact) mass is 348 g/mol. The average Bonchev–Trinajstić information content (AvgIpc) is 3.12. The molecule has 1 aliphatic heterocycles. The molecule has 0 aliphatic carbocycles. The molecule has 0 N–H and O–H groups in total. The summed E-state index contributed by atoms with van der Waals surface area (Å²) in [5, 5.41) is 12.6. The van der Waals surface area contributed by atoms with E-state index in [-0.39, 0.29) is 0 Å². The van der Waals surface area contributed by atoms with Crippen LogP contribution in [0.2, 0.25) is 0 Å². The maximum Gasteiger partial charge on any atom is 0.123 e. The van der Waals surface area contributed by atoms with Gasteiger partial charge >= 0.3 is 0 Å². The summed E-state index contributed by atoms with van der Waals surface area (Å²) in [5.41, 5.74) is 4.05. The quantitative estimate of drug-likeness (QED) is 0.726. The van der Waals surface area contributed by atoms with Crippen LogP contribution in [0.1, 0.15) is 11.1 Å². The molecular formula is C20H20N4S. The molecule has 3 heterocycles. The van der Waals surface area contributed by atoms with Gasteiger partial charge in [0.05, 0.1) is 5.56 Å². The van der Waals surface area contributed by atoms with Crippen molar-refractivity contribution >= 4 is 21.6 Å². The highest BCUT2D eigenvalue weighted by Crippen LogP contribution is 2.33. The number of fused-ring (bicyclic) bond motifs is 1. The van der Waals surface area contributed by atoms with E-state index in [1.165, 1.54) is 5.56 Å². The van der Waals surface area contributed by atoms with Crippen molar-refractivity contribution in [1.82, 2.24) is 14.8 Å². The Morgan fingerprint density at radius 2 is 1.88 bits per heavy atom. The zero-order chi connectivity index (χ0) is 17.2. The molecule has 126 valence electrons. The molecule has 0 atom stereocenters. The van der Waals surface area contributed by atoms with E-state index in [2.05, 4.69) is 58.2 Å². The van der Waals surface area contributed by atoms with Crippen molar-refractivity contribution < 1.29 is 0 Å². The van der Waals surface area contributed by atoms with Crippen LogP contribution >= 0.6 is 11.3 Å². The first-order chi connectivity index (χ1) is 12.2. The molecule has 1 aromatic carbocycles. The van der Waals surface area contributed by atoms with E-state index in [4.69, 9.17) is 0 Å². The van der Waals surface area contributed by atoms with Gasteiger partial charge in [0.15, 0.2) is 0 Å². The highest BCUT2D eigenvalue weighted by Gasteiger charge is 2.15. The number of hydrogen-bond acceptors (Lipinski definition) is 5. The van der Waals surface area contributed by atoms with Gasteiger partial charge in [-0.3, -0.25) is 4.90 Å². The molecule has 3 aromatic rings. The van der Waals surface area contributed by atoms with Crippen LogP contribution in [0.5, 0.6) is 0 Å². The standard InChI is InChI=1S/C20H20N4S/c1-23-7-9-24(10-8-23)14-15-2-4-16(5-3-15)19-17(12-21)13-22-20-18(19)6-11-25-20/h2-6,11,13H,7-10,14H2,1H3. The van der Waals surface area contributed by atoms with E-state index in [0.717, 1.165) is 54.1 Å². The zero-order valence-corrected chi connectivity index (χ0v) is 15.1. The Morgan fingerprint density at radius 3 is 2.60 bits per heavy atom. The minimum absolute atomic E-state index is 0.637. The van der Waals surface area contributed by atoms with Crippen molar-refractivity contribution in [2.45, 2.75) is 6.54 Å². The van der Waals surface area contributed by atoms with E-state index in [1.54, 1.807) is 17.5 Å². The van der Waals surface area contributed by atoms with Crippen LogP contribution in [-0.2, 0) is 6.54 Å². The van der Waals surface area contributed by atoms with Gasteiger partial charge in [0.25, 0.3) is 0 Å². The van der Waals surface area contributed by atoms with E-state index in [9.17, 15) is 5.26 Å². The molecule has 1 fully saturated rings. The number of thiophene rings is 1. The highest BCUT2D eigenvalue weighted by molar-refractivity contribution is 7.16. The Balaban J connectivity index is 1.61. The number of piperazine rings is 1. The highest BCUT2D eigenvalue weighted by atomic mass is 32.1. The van der Waals surface area contributed by atoms with Gasteiger partial charge in [-0.25, -0.2) is 4.98 Å². The molecule has 1 aliphatic rings. The van der Waals surface area contributed by atoms with Crippen molar-refractivity contribution in [3.8, 4) is 17.2 Å². The third-order valence-electron chi connectivity index (χ3n) is 4.86. The second-order valence-corrected chi connectivity index (χ2v) is 7.47. The van der Waals surface area contributed by atoms with Crippen molar-refractivity contribution in [2.75, 3.05) is 33.2 Å². The minimum Gasteiger partial charge on any atom is -0.304 e. The van der Waals surface area contributed by atoms with Crippen molar-refractivity contribution in [3.05, 3.63) is 53.0 Å². The van der Waals surface area contributed by atoms with Crippen LogP contribution in [0.15, 0.2) is 41.9 Å². The molecule has 5 heteroatoms. The Morgan fingerprint density at radius 1 is 1.12 bits per heavy atom. The molecule has 0 saturated carbocycles. The lowest BCUT2D eigenvalue weighted by Gasteiger charge is -2.32. The van der Waals surface area contributed by atoms with Crippen molar-refractivity contribution in [2.24, 2.45) is 0 Å². The molecule has 0 spiro atoms. The molecule has 2 aromatic heterocycles. The summed E-state index contributed by atoms with van der Waals surface area (Å²) in [6, 6.07) is 13.0. The molecule has 1 saturated heterocycles. The van der Waals surface area contributed by atoms with Gasteiger partial charge in [0.1, 0.15) is 10.9 Å². The van der Waals surface area contributed by atoms with Gasteiger partial charge in [0.2, 0.25) is 0 Å². The molecule has 25 heavy (non-hydrogen) atoms. The normalized spacial score (nSPS) is 16.2. The first-order valence-corrected chi connectivity index (χ1v) is 9.39. The Labute approximate surface area is 151 Å². The third kappa shape index (κ3) is 3.29. The number of aromatic nitrogens is 1. The average molecular weight is 348 g/mol. The summed E-state index contributed by atoms with van der Waals surface area (Å²) in [4.78, 5) is 10.2. The predicted octanol–water partition coefficient (Wildman–Crippen LogP) is 3.58. The van der Waals surface area contributed by atoms with Gasteiger partial charge in [-0.2, -0.15) is 5.26 Å². The number of rotatable bonds is 3. The van der Waals surface area contributed by atoms with Gasteiger partial charge in [-0.05, 0) is 29.6 Å². The van der Waals surface area contributed by atoms with Gasteiger partial charge < -0.3 is 4.90 Å². The van der Waals surface area contributed by atoms with Crippen LogP contribution in [0.25, 0.3) is 21.3 Å². The molecular weight excluding hydrogens is 328 g/mol. The number of likely N-dealkylation sites (N-methyl/N-ethyl adjacent to an activating group) is 1. The summed E-state index contributed by atoms with van der Waals surface area (Å²) in [7, 11) is 2.18. The first kappa shape index (κ1) is 16.2. The topological polar surface area (TPSA) is 43.2 Å². The lowest BCUT2D eigenvalue weighted by atomic mass is 9.98. The Bertz CT molecular complexity index is 915. The summed E-state index contributed by atoms with van der Waals surface area (Å²) in [6.07, 6.45) is 1.69. The molecule has 0 amide bonds. The van der Waals surface area contributed by atoms with Gasteiger partial charge in [0, 0.05) is 49.9 Å². The lowest BCUT2D eigenvalue weighted by molar-refractivity contribution is 0.148. The molecule has 4 nitrogen and oxygen atoms in total. The number of nitriles is 1. The predicted molar refractivity (Wildman–Crippen MR) is 103 cm³/mol. The van der Waals surface area contributed by atoms with Crippen LogP contribution < -0.4 is 0 Å². The molecule has 0 radical (unpaired) electrons. The smallest absolute Gasteiger partial charge is 0.123 e. The van der Waals surface area contributed by atoms with E-state index < -0.39 is 0 Å². The van der Waals surface area contributed by atoms with E-state index in [0.29, 0.717) is 5.56 Å². The number of hydrogen-bond donors (Lipinski definition) is 0. The van der Waals surface area contributed by atoms with Crippen LogP contribution in [-0.4, -0.2) is 48.0 Å². The largest absolute Gasteiger partial charge is 0.304 e. The Kier molecular flexibility index (Phi) is 4.50. The fraction of sp³-hybridized carbons (Fsp3) is 0.300. The fourth-order valence-corrected chi connectivity index (χ4v) is 4.10. The van der Waals surface area contributed by atoms with Gasteiger partial charge in [-0.15, -0.1) is 11.3 Å². The first-order valence-electron chi connectivity index (χ1n) is 8.51. The number of pyridine rings is 1. The van der Waals surface area contributed by atoms with Crippen LogP contribution in [0, 0.1) is 11.3 Å². The maximum absolute atomic E-state index is 9.47. The van der Waals surface area contributed by atoms with Gasteiger partial charge in [-0.1, -0.05) is 24.3 Å². The Hall–Kier alpha value is -2.26. The second kappa shape index (κ2) is 6.93. The van der Waals surface area contributed by atoms with Crippen LogP contribution in [0.3, 0.4) is 0 Å². The van der Waals surface area contributed by atoms with E-state index >= 15 is 0 Å². The van der Waals surface area contributed by atoms with Crippen molar-refractivity contribution in [3.63, 3.8) is 0 Å². The summed E-state index contributed by atoms with van der Waals surface area (Å²) in [5.74, 6) is 0. The van der Waals surface area contributed by atoms with Crippen LogP contribution in [0.4, 0.5) is 0 Å². The summed E-state index contributed by atoms with van der Waals surface area (Å²) in [6.45, 7) is 5.50. The lowest BCUT2D eigenvalue weighted by Crippen LogP contribution is -2.43. The van der Waals surface area contributed by atoms with Crippen molar-refractivity contribution in [1.29, 1.82) is 5.26 Å². The fourth-order valence-electron chi connectivity index (χ4n) is 3.36. The maximum atomic E-state index is 9.47. The second-order valence-electron chi connectivity index (χ2n) is 6.57. The number of benzene rings is 1. The minimum atomic E-state index is 0.637. The number of nitrogens with zero attached hydrogens (tertiary/aromatic N) is 4. The summed E-state index contributed by atoms with van der Waals surface area (Å²) >= 11 is 1.61. The molecule has 4 rings (SSSR count). The van der Waals surface area contributed by atoms with E-state index in [1.807, 2.05) is 5.38 Å². The molecule has 0 unspecified atom stereocenters.